The van der Waals surface area contributed by atoms with Crippen LogP contribution in [0.25, 0.3) is 11.2 Å². The summed E-state index contributed by atoms with van der Waals surface area (Å²) in [5.74, 6) is -0.205. The molecule has 22 heavy (non-hydrogen) atoms. The molecule has 120 valence electrons. The molecule has 0 aromatic carbocycles. The summed E-state index contributed by atoms with van der Waals surface area (Å²) in [6.07, 6.45) is -5.20. The van der Waals surface area contributed by atoms with Crippen molar-refractivity contribution >= 4 is 17.1 Å². The van der Waals surface area contributed by atoms with Crippen LogP contribution in [-0.2, 0) is 11.8 Å². The van der Waals surface area contributed by atoms with E-state index in [-0.39, 0.29) is 17.1 Å². The third-order valence-corrected chi connectivity index (χ3v) is 3.72. The zero-order chi connectivity index (χ0) is 16.2. The Kier molecular flexibility index (Phi) is 3.29. The zero-order valence-electron chi connectivity index (χ0n) is 11.5. The molecule has 0 amide bonds. The van der Waals surface area contributed by atoms with Gasteiger partial charge in [0.2, 0.25) is 5.95 Å². The summed E-state index contributed by atoms with van der Waals surface area (Å²) < 4.78 is 7.28. The largest absolute Gasteiger partial charge is 0.394 e. The third kappa shape index (κ3) is 1.87. The second-order valence-electron chi connectivity index (χ2n) is 5.06. The van der Waals surface area contributed by atoms with Crippen molar-refractivity contribution in [2.45, 2.75) is 24.5 Å². The molecule has 1 saturated heterocycles. The monoisotopic (exact) mass is 313 g/mol. The van der Waals surface area contributed by atoms with Crippen LogP contribution in [0.15, 0.2) is 9.59 Å². The van der Waals surface area contributed by atoms with Gasteiger partial charge in [-0.05, 0) is 0 Å². The summed E-state index contributed by atoms with van der Waals surface area (Å²) in [5, 5.41) is 29.0. The number of rotatable bonds is 2. The maximum atomic E-state index is 12.3. The Bertz CT molecular complexity index is 838. The first-order valence-corrected chi connectivity index (χ1v) is 6.46. The molecule has 3 rings (SSSR count). The number of nitrogens with one attached hydrogen (secondary N) is 1. The Balaban J connectivity index is 2.26. The summed E-state index contributed by atoms with van der Waals surface area (Å²) in [5.41, 5.74) is 4.07. The molecular formula is C11H15N5O6. The van der Waals surface area contributed by atoms with Crippen molar-refractivity contribution in [1.29, 1.82) is 0 Å². The van der Waals surface area contributed by atoms with Gasteiger partial charge >= 0.3 is 5.69 Å². The molecule has 11 nitrogen and oxygen atoms in total. The van der Waals surface area contributed by atoms with E-state index in [1.165, 1.54) is 7.05 Å². The van der Waals surface area contributed by atoms with Crippen LogP contribution >= 0.6 is 0 Å². The Morgan fingerprint density at radius 3 is 2.64 bits per heavy atom. The molecule has 0 bridgehead atoms. The van der Waals surface area contributed by atoms with Crippen LogP contribution in [0.1, 0.15) is 6.23 Å². The van der Waals surface area contributed by atoms with Gasteiger partial charge in [0.25, 0.3) is 5.56 Å². The van der Waals surface area contributed by atoms with Crippen molar-refractivity contribution in [3.05, 3.63) is 20.8 Å². The summed E-state index contributed by atoms with van der Waals surface area (Å²) in [6.45, 7) is -0.537. The van der Waals surface area contributed by atoms with E-state index >= 15 is 0 Å². The van der Waals surface area contributed by atoms with E-state index in [1.54, 1.807) is 0 Å². The maximum Gasteiger partial charge on any atom is 0.332 e. The molecule has 2 aromatic rings. The lowest BCUT2D eigenvalue weighted by Crippen LogP contribution is -2.35. The third-order valence-electron chi connectivity index (χ3n) is 3.72. The van der Waals surface area contributed by atoms with Gasteiger partial charge in [-0.3, -0.25) is 14.3 Å². The highest BCUT2D eigenvalue weighted by atomic mass is 16.6. The van der Waals surface area contributed by atoms with Crippen LogP contribution in [0.5, 0.6) is 0 Å². The molecule has 2 aromatic heterocycles. The molecule has 1 fully saturated rings. The number of aliphatic hydroxyl groups is 3. The van der Waals surface area contributed by atoms with Gasteiger partial charge in [0, 0.05) is 7.05 Å². The van der Waals surface area contributed by atoms with Gasteiger partial charge in [0.15, 0.2) is 17.4 Å². The van der Waals surface area contributed by atoms with E-state index in [2.05, 4.69) is 9.97 Å². The van der Waals surface area contributed by atoms with Crippen molar-refractivity contribution < 1.29 is 20.1 Å². The molecule has 3 heterocycles. The average Bonchev–Trinajstić information content (AvgIpc) is 2.87. The van der Waals surface area contributed by atoms with Crippen LogP contribution in [0.3, 0.4) is 0 Å². The molecule has 1 unspecified atom stereocenters. The van der Waals surface area contributed by atoms with E-state index in [9.17, 15) is 19.8 Å². The predicted octanol–water partition coefficient (Wildman–Crippen LogP) is -3.38. The lowest BCUT2D eigenvalue weighted by molar-refractivity contribution is -0.0527. The minimum absolute atomic E-state index is 0.0445. The molecule has 4 atom stereocenters. The van der Waals surface area contributed by atoms with E-state index in [1.807, 2.05) is 0 Å². The Morgan fingerprint density at radius 2 is 2.05 bits per heavy atom. The van der Waals surface area contributed by atoms with E-state index in [0.717, 1.165) is 9.13 Å². The molecule has 0 radical (unpaired) electrons. The predicted molar refractivity (Wildman–Crippen MR) is 73.0 cm³/mol. The lowest BCUT2D eigenvalue weighted by Gasteiger charge is -2.15. The normalized spacial score (nSPS) is 28.5. The van der Waals surface area contributed by atoms with Crippen molar-refractivity contribution in [1.82, 2.24) is 19.1 Å². The van der Waals surface area contributed by atoms with Gasteiger partial charge in [-0.1, -0.05) is 0 Å². The number of nitrogens with zero attached hydrogens (tertiary/aromatic N) is 3. The Morgan fingerprint density at radius 1 is 1.36 bits per heavy atom. The number of imidazole rings is 1. The minimum Gasteiger partial charge on any atom is -0.394 e. The number of aromatic amines is 1. The molecule has 11 heteroatoms. The number of aromatic nitrogens is 4. The van der Waals surface area contributed by atoms with Gasteiger partial charge in [-0.2, -0.15) is 4.98 Å². The highest BCUT2D eigenvalue weighted by Gasteiger charge is 2.45. The van der Waals surface area contributed by atoms with Crippen LogP contribution in [0.4, 0.5) is 5.95 Å². The Hall–Kier alpha value is -2.21. The number of anilines is 1. The van der Waals surface area contributed by atoms with Crippen molar-refractivity contribution in [2.24, 2.45) is 7.05 Å². The summed E-state index contributed by atoms with van der Waals surface area (Å²) in [7, 11) is 1.36. The number of aliphatic hydroxyl groups excluding tert-OH is 3. The van der Waals surface area contributed by atoms with E-state index < -0.39 is 42.4 Å². The molecule has 0 aliphatic carbocycles. The van der Waals surface area contributed by atoms with Crippen LogP contribution in [0, 0.1) is 0 Å². The Labute approximate surface area is 122 Å². The van der Waals surface area contributed by atoms with Gasteiger partial charge in [0.05, 0.1) is 6.61 Å². The highest BCUT2D eigenvalue weighted by molar-refractivity contribution is 5.71. The number of hydrogen-bond donors (Lipinski definition) is 5. The second kappa shape index (κ2) is 4.91. The van der Waals surface area contributed by atoms with Gasteiger partial charge in [-0.25, -0.2) is 9.36 Å². The average molecular weight is 313 g/mol. The quantitative estimate of drug-likeness (QED) is 0.382. The van der Waals surface area contributed by atoms with Crippen molar-refractivity contribution in [3.8, 4) is 0 Å². The van der Waals surface area contributed by atoms with Gasteiger partial charge in [0.1, 0.15) is 18.3 Å². The van der Waals surface area contributed by atoms with Crippen molar-refractivity contribution in [3.63, 3.8) is 0 Å². The smallest absolute Gasteiger partial charge is 0.332 e. The first-order valence-electron chi connectivity index (χ1n) is 6.46. The van der Waals surface area contributed by atoms with Gasteiger partial charge < -0.3 is 25.8 Å². The summed E-state index contributed by atoms with van der Waals surface area (Å²) in [4.78, 5) is 30.4. The fraction of sp³-hybridized carbons (Fsp3) is 0.545. The lowest BCUT2D eigenvalue weighted by atomic mass is 10.1. The van der Waals surface area contributed by atoms with Crippen molar-refractivity contribution in [2.75, 3.05) is 12.3 Å². The summed E-state index contributed by atoms with van der Waals surface area (Å²) in [6, 6.07) is 0. The first-order chi connectivity index (χ1) is 10.4. The molecule has 0 saturated carbocycles. The van der Waals surface area contributed by atoms with Crippen LogP contribution in [-0.4, -0.2) is 59.3 Å². The number of aryl methyl sites for hydroxylation is 1. The topological polar surface area (TPSA) is 169 Å². The number of hydrogen-bond acceptors (Lipinski definition) is 8. The SMILES string of the molecule is Cn1c(=O)n([C@@H]2O[C@H](CO)[C@@H](O)C2O)c2nc(N)[nH]c(=O)c21. The van der Waals surface area contributed by atoms with Gasteiger partial charge in [-0.15, -0.1) is 0 Å². The van der Waals surface area contributed by atoms with E-state index in [4.69, 9.17) is 15.6 Å². The highest BCUT2D eigenvalue weighted by Crippen LogP contribution is 2.29. The second-order valence-corrected chi connectivity index (χ2v) is 5.06. The van der Waals surface area contributed by atoms with Crippen LogP contribution < -0.4 is 17.0 Å². The standard InChI is InChI=1S/C11H15N5O6/c1-15-4-7(13-10(12)14-8(4)20)16(11(15)21)9-6(19)5(18)3(2-17)22-9/h3,5-6,9,17-19H,2H2,1H3,(H3,12,13,14,20)/t3-,5-,6?,9-/m1/s1. The van der Waals surface area contributed by atoms with Crippen LogP contribution in [0.2, 0.25) is 0 Å². The number of nitrogens with two attached hydrogens (primary N) is 1. The number of H-pyrrole nitrogens is 1. The fourth-order valence-electron chi connectivity index (χ4n) is 2.61. The number of fused-ring (bicyclic) bond motifs is 1. The first kappa shape index (κ1) is 14.7. The molecule has 0 spiro atoms. The van der Waals surface area contributed by atoms with E-state index in [0.29, 0.717) is 0 Å². The summed E-state index contributed by atoms with van der Waals surface area (Å²) >= 11 is 0. The maximum absolute atomic E-state index is 12.3. The zero-order valence-corrected chi connectivity index (χ0v) is 11.5. The molecule has 1 aliphatic heterocycles. The number of ether oxygens (including phenoxy) is 1. The molecule has 6 N–H and O–H groups in total. The molecule has 1 aliphatic rings. The minimum atomic E-state index is -1.47. The fourth-order valence-corrected chi connectivity index (χ4v) is 2.61. The number of nitrogen functional groups attached to an aromatic ring is 1. The molecular weight excluding hydrogens is 298 g/mol.